The summed E-state index contributed by atoms with van der Waals surface area (Å²) < 4.78 is 2.04. The Kier molecular flexibility index (Phi) is 8.33. The maximum Gasteiger partial charge on any atom is 0.251 e. The van der Waals surface area contributed by atoms with Crippen molar-refractivity contribution < 1.29 is 4.79 Å². The first-order valence-electron chi connectivity index (χ1n) is 12.8. The molecule has 188 valence electrons. The van der Waals surface area contributed by atoms with E-state index in [0.29, 0.717) is 17.9 Å². The number of nitrogens with one attached hydrogen (secondary N) is 2. The van der Waals surface area contributed by atoms with Crippen LogP contribution in [0.15, 0.2) is 61.1 Å². The van der Waals surface area contributed by atoms with Gasteiger partial charge in [-0.05, 0) is 63.5 Å². The molecule has 0 saturated carbocycles. The molecule has 2 heterocycles. The van der Waals surface area contributed by atoms with Crippen LogP contribution < -0.4 is 10.6 Å². The number of benzene rings is 2. The van der Waals surface area contributed by atoms with Crippen LogP contribution >= 0.6 is 0 Å². The van der Waals surface area contributed by atoms with Gasteiger partial charge in [0.25, 0.3) is 5.91 Å². The first kappa shape index (κ1) is 25.4. The van der Waals surface area contributed by atoms with Gasteiger partial charge in [-0.2, -0.15) is 0 Å². The minimum atomic E-state index is -0.0387. The number of rotatable bonds is 11. The lowest BCUT2D eigenvalue weighted by atomic mass is 10.1. The molecule has 0 bridgehead atoms. The van der Waals surface area contributed by atoms with E-state index in [1.165, 1.54) is 5.56 Å². The summed E-state index contributed by atoms with van der Waals surface area (Å²) in [6, 6.07) is 14.2. The summed E-state index contributed by atoms with van der Waals surface area (Å²) >= 11 is 0. The molecule has 2 aromatic carbocycles. The van der Waals surface area contributed by atoms with Gasteiger partial charge in [0, 0.05) is 42.3 Å². The zero-order valence-electron chi connectivity index (χ0n) is 21.7. The number of imidazole rings is 1. The highest BCUT2D eigenvalue weighted by Crippen LogP contribution is 2.26. The number of fused-ring (bicyclic) bond motifs is 1. The van der Waals surface area contributed by atoms with E-state index in [9.17, 15) is 4.79 Å². The van der Waals surface area contributed by atoms with Gasteiger partial charge in [0.1, 0.15) is 0 Å². The number of aryl methyl sites for hydroxylation is 2. The van der Waals surface area contributed by atoms with E-state index < -0.39 is 0 Å². The fourth-order valence-electron chi connectivity index (χ4n) is 4.47. The fourth-order valence-corrected chi connectivity index (χ4v) is 4.47. The second kappa shape index (κ2) is 11.8. The molecule has 0 fully saturated rings. The Labute approximate surface area is 213 Å². The van der Waals surface area contributed by atoms with Gasteiger partial charge in [-0.3, -0.25) is 9.20 Å². The Morgan fingerprint density at radius 2 is 1.72 bits per heavy atom. The molecule has 7 heteroatoms. The quantitative estimate of drug-likeness (QED) is 0.289. The molecule has 0 radical (unpaired) electrons. The van der Waals surface area contributed by atoms with Crippen LogP contribution in [0.1, 0.15) is 48.2 Å². The monoisotopic (exact) mass is 484 g/mol. The summed E-state index contributed by atoms with van der Waals surface area (Å²) in [7, 11) is 0. The van der Waals surface area contributed by atoms with E-state index in [0.717, 1.165) is 60.6 Å². The Bertz CT molecular complexity index is 1310. The lowest BCUT2D eigenvalue weighted by Crippen LogP contribution is -2.36. The minimum absolute atomic E-state index is 0.0387. The normalized spacial score (nSPS) is 11.2. The molecule has 0 unspecified atom stereocenters. The van der Waals surface area contributed by atoms with Gasteiger partial charge in [0.05, 0.1) is 11.9 Å². The molecule has 4 aromatic rings. The van der Waals surface area contributed by atoms with Crippen molar-refractivity contribution >= 4 is 23.1 Å². The predicted molar refractivity (Wildman–Crippen MR) is 147 cm³/mol. The van der Waals surface area contributed by atoms with Crippen LogP contribution in [0.25, 0.3) is 16.9 Å². The van der Waals surface area contributed by atoms with Crippen LogP contribution in [0.4, 0.5) is 11.5 Å². The molecule has 36 heavy (non-hydrogen) atoms. The van der Waals surface area contributed by atoms with Gasteiger partial charge in [-0.1, -0.05) is 43.7 Å². The third kappa shape index (κ3) is 5.91. The molecule has 0 spiro atoms. The Balaban J connectivity index is 1.45. The van der Waals surface area contributed by atoms with E-state index >= 15 is 0 Å². The van der Waals surface area contributed by atoms with Gasteiger partial charge in [0.2, 0.25) is 0 Å². The van der Waals surface area contributed by atoms with Crippen molar-refractivity contribution in [3.8, 4) is 11.3 Å². The average molecular weight is 485 g/mol. The molecular weight excluding hydrogens is 448 g/mol. The number of aromatic nitrogens is 3. The zero-order chi connectivity index (χ0) is 25.5. The van der Waals surface area contributed by atoms with Crippen molar-refractivity contribution in [3.63, 3.8) is 0 Å². The van der Waals surface area contributed by atoms with Crippen molar-refractivity contribution in [3.05, 3.63) is 77.7 Å². The number of amides is 1. The molecule has 0 saturated heterocycles. The molecule has 1 amide bonds. The largest absolute Gasteiger partial charge is 0.351 e. The molecular formula is C29H36N6O. The van der Waals surface area contributed by atoms with Crippen molar-refractivity contribution in [1.82, 2.24) is 24.6 Å². The lowest BCUT2D eigenvalue weighted by molar-refractivity contribution is 0.0947. The van der Waals surface area contributed by atoms with E-state index in [4.69, 9.17) is 0 Å². The van der Waals surface area contributed by atoms with Crippen LogP contribution in [0.2, 0.25) is 0 Å². The summed E-state index contributed by atoms with van der Waals surface area (Å²) in [4.78, 5) is 24.3. The van der Waals surface area contributed by atoms with Crippen LogP contribution in [-0.2, 0) is 0 Å². The van der Waals surface area contributed by atoms with Crippen molar-refractivity contribution in [1.29, 1.82) is 0 Å². The molecule has 0 aliphatic carbocycles. The summed E-state index contributed by atoms with van der Waals surface area (Å²) in [5, 5.41) is 6.46. The number of carbonyl (C=O) groups is 1. The number of hydrogen-bond donors (Lipinski definition) is 2. The van der Waals surface area contributed by atoms with Gasteiger partial charge >= 0.3 is 0 Å². The van der Waals surface area contributed by atoms with Crippen molar-refractivity contribution in [2.24, 2.45) is 0 Å². The Morgan fingerprint density at radius 1 is 0.972 bits per heavy atom. The second-order valence-corrected chi connectivity index (χ2v) is 9.23. The van der Waals surface area contributed by atoms with E-state index in [2.05, 4.69) is 70.5 Å². The molecule has 7 nitrogen and oxygen atoms in total. The number of anilines is 2. The highest BCUT2D eigenvalue weighted by molar-refractivity contribution is 5.96. The molecule has 0 aliphatic heterocycles. The van der Waals surface area contributed by atoms with E-state index in [1.807, 2.05) is 41.9 Å². The summed E-state index contributed by atoms with van der Waals surface area (Å²) in [5.74, 6) is 0.627. The highest BCUT2D eigenvalue weighted by Gasteiger charge is 2.13. The topological polar surface area (TPSA) is 74.6 Å². The molecule has 4 rings (SSSR count). The van der Waals surface area contributed by atoms with Crippen LogP contribution in [-0.4, -0.2) is 51.4 Å². The second-order valence-electron chi connectivity index (χ2n) is 9.23. The van der Waals surface area contributed by atoms with Crippen molar-refractivity contribution in [2.45, 2.75) is 40.5 Å². The van der Waals surface area contributed by atoms with E-state index in [-0.39, 0.29) is 5.91 Å². The Hall–Kier alpha value is -3.71. The van der Waals surface area contributed by atoms with Crippen LogP contribution in [0.3, 0.4) is 0 Å². The lowest BCUT2D eigenvalue weighted by Gasteiger charge is -2.21. The van der Waals surface area contributed by atoms with Gasteiger partial charge in [0.15, 0.2) is 11.5 Å². The fraction of sp³-hybridized carbons (Fsp3) is 0.345. The van der Waals surface area contributed by atoms with E-state index in [1.54, 1.807) is 6.20 Å². The molecule has 2 N–H and O–H groups in total. The van der Waals surface area contributed by atoms with Gasteiger partial charge in [-0.15, -0.1) is 0 Å². The standard InChI is InChI=1S/C29H36N6O/c1-5-15-34(16-6-2)17-13-31-29(36)25-12-11-24(19-22(25)4)33-27-28-32-20-26(35(28)18-14-30-27)23-9-7-21(3)8-10-23/h7-12,14,18-20H,5-6,13,15-17H2,1-4H3,(H,30,33)(H,31,36). The zero-order valence-corrected chi connectivity index (χ0v) is 21.7. The van der Waals surface area contributed by atoms with Gasteiger partial charge in [-0.25, -0.2) is 9.97 Å². The third-order valence-corrected chi connectivity index (χ3v) is 6.30. The predicted octanol–water partition coefficient (Wildman–Crippen LogP) is 5.61. The maximum atomic E-state index is 12.8. The first-order chi connectivity index (χ1) is 17.5. The van der Waals surface area contributed by atoms with Crippen LogP contribution in [0.5, 0.6) is 0 Å². The minimum Gasteiger partial charge on any atom is -0.351 e. The van der Waals surface area contributed by atoms with Gasteiger partial charge < -0.3 is 15.5 Å². The molecule has 2 aromatic heterocycles. The molecule has 0 aliphatic rings. The summed E-state index contributed by atoms with van der Waals surface area (Å²) in [6.07, 6.45) is 7.80. The number of carbonyl (C=O) groups excluding carboxylic acids is 1. The maximum absolute atomic E-state index is 12.8. The summed E-state index contributed by atoms with van der Waals surface area (Å²) in [5.41, 5.74) is 6.54. The first-order valence-corrected chi connectivity index (χ1v) is 12.8. The van der Waals surface area contributed by atoms with Crippen molar-refractivity contribution in [2.75, 3.05) is 31.5 Å². The SMILES string of the molecule is CCCN(CCC)CCNC(=O)c1ccc(Nc2nccn3c(-c4ccc(C)cc4)cnc23)cc1C. The number of hydrogen-bond acceptors (Lipinski definition) is 5. The Morgan fingerprint density at radius 3 is 2.42 bits per heavy atom. The van der Waals surface area contributed by atoms with Crippen LogP contribution in [0, 0.1) is 13.8 Å². The molecule has 0 atom stereocenters. The third-order valence-electron chi connectivity index (χ3n) is 6.30. The highest BCUT2D eigenvalue weighted by atomic mass is 16.1. The smallest absolute Gasteiger partial charge is 0.251 e. The summed E-state index contributed by atoms with van der Waals surface area (Å²) in [6.45, 7) is 12.1. The average Bonchev–Trinajstić information content (AvgIpc) is 3.30. The number of nitrogens with zero attached hydrogens (tertiary/aromatic N) is 4.